The van der Waals surface area contributed by atoms with Gasteiger partial charge in [0, 0.05) is 58.5 Å². The number of amides is 1. The van der Waals surface area contributed by atoms with Gasteiger partial charge in [-0.3, -0.25) is 23.7 Å². The summed E-state index contributed by atoms with van der Waals surface area (Å²) in [6.07, 6.45) is 7.51. The van der Waals surface area contributed by atoms with Gasteiger partial charge in [0.25, 0.3) is 11.7 Å². The molecule has 19 atom stereocenters. The van der Waals surface area contributed by atoms with Crippen LogP contribution in [0, 0.1) is 35.5 Å². The fraction of sp³-hybridized carbons (Fsp3) is 0.729. The van der Waals surface area contributed by atoms with Gasteiger partial charge in [-0.15, -0.1) is 0 Å². The van der Waals surface area contributed by atoms with Gasteiger partial charge in [-0.2, -0.15) is 4.98 Å². The van der Waals surface area contributed by atoms with Crippen LogP contribution in [0.2, 0.25) is 0 Å². The number of nitrogen functional groups attached to an aromatic ring is 1. The highest BCUT2D eigenvalue weighted by Gasteiger charge is 2.53. The first-order valence-electron chi connectivity index (χ1n) is 28.8. The van der Waals surface area contributed by atoms with E-state index in [0.29, 0.717) is 63.4 Å². The summed E-state index contributed by atoms with van der Waals surface area (Å²) in [5.74, 6) is -8.16. The number of piperidine rings is 1. The predicted molar refractivity (Wildman–Crippen MR) is 299 cm³/mol. The van der Waals surface area contributed by atoms with Gasteiger partial charge in [-0.25, -0.2) is 14.6 Å². The summed E-state index contributed by atoms with van der Waals surface area (Å²) in [5, 5.41) is 61.9. The Kier molecular flexibility index (Phi) is 25.9. The molecule has 2 bridgehead atoms. The Hall–Kier alpha value is -4.92. The monoisotopic (exact) mass is 1160 g/mol. The van der Waals surface area contributed by atoms with Crippen LogP contribution in [0.15, 0.2) is 58.7 Å². The summed E-state index contributed by atoms with van der Waals surface area (Å²) in [6.45, 7) is 12.3. The van der Waals surface area contributed by atoms with Crippen molar-refractivity contribution < 1.29 is 83.0 Å². The normalized spacial score (nSPS) is 38.9. The fourth-order valence-corrected chi connectivity index (χ4v) is 11.8. The van der Waals surface area contributed by atoms with Crippen LogP contribution in [0.4, 0.5) is 5.95 Å². The molecular weight excluding hydrogens is 1070 g/mol. The van der Waals surface area contributed by atoms with E-state index in [1.807, 2.05) is 58.1 Å². The number of hydrogen-bond acceptors (Lipinski definition) is 21. The number of carbonyl (C=O) groups is 5. The lowest BCUT2D eigenvalue weighted by Crippen LogP contribution is -2.61. The van der Waals surface area contributed by atoms with Crippen molar-refractivity contribution >= 4 is 35.2 Å². The van der Waals surface area contributed by atoms with E-state index in [-0.39, 0.29) is 60.8 Å². The number of aliphatic hydroxyl groups excluding tert-OH is 5. The van der Waals surface area contributed by atoms with E-state index in [0.717, 1.165) is 22.9 Å². The number of nitrogens with two attached hydrogens (primary N) is 1. The van der Waals surface area contributed by atoms with Crippen molar-refractivity contribution in [2.24, 2.45) is 35.5 Å². The first-order valence-corrected chi connectivity index (χ1v) is 28.8. The van der Waals surface area contributed by atoms with E-state index in [1.54, 1.807) is 41.1 Å². The molecule has 0 radical (unpaired) electrons. The quantitative estimate of drug-likeness (QED) is 0.112. The summed E-state index contributed by atoms with van der Waals surface area (Å²) < 4.78 is 35.4. The van der Waals surface area contributed by atoms with Gasteiger partial charge in [-0.1, -0.05) is 71.1 Å². The molecule has 82 heavy (non-hydrogen) atoms. The maximum absolute atomic E-state index is 14.4. The zero-order valence-electron chi connectivity index (χ0n) is 49.3. The number of ketones is 3. The van der Waals surface area contributed by atoms with E-state index in [9.17, 15) is 54.3 Å². The number of methoxy groups -OCH3 is 3. The van der Waals surface area contributed by atoms with Crippen LogP contribution >= 0.6 is 0 Å². The van der Waals surface area contributed by atoms with Crippen LogP contribution in [-0.4, -0.2) is 187 Å². The maximum atomic E-state index is 14.4. The minimum absolute atomic E-state index is 0.0193. The smallest absolute Gasteiger partial charge is 0.354 e. The number of fused-ring (bicyclic) bond motifs is 3. The SMILES string of the molecule is CO[C@H]1C[C@@H]2CC[C@@H](C)[C@@](O)(O2)C(=O)C(=O)N2CCCC[C@H]2C(=O)O[C@H]([C@H](C)C[C@@H]2CC[C@@H](O)[C@H](OC)C2)CC(=O)[C@H](C)/C=C(\C)[C@@H](O)[C@@H](OC)C(=O)[C@H](C)C[C@H](C)/C=C/C=C/C=C/1C.Nc1ncn([C@@H]2O[C@H](CO)[C@@H](O)[C@H]2O)c(=O)n1. The molecule has 4 fully saturated rings. The molecular formula is C59H91N5O18. The molecule has 23 nitrogen and oxygen atoms in total. The van der Waals surface area contributed by atoms with E-state index in [1.165, 1.54) is 12.0 Å². The third-order valence-electron chi connectivity index (χ3n) is 17.0. The van der Waals surface area contributed by atoms with Crippen LogP contribution in [0.5, 0.6) is 0 Å². The van der Waals surface area contributed by atoms with E-state index >= 15 is 0 Å². The highest BCUT2D eigenvalue weighted by atomic mass is 16.6. The Morgan fingerprint density at radius 3 is 2.22 bits per heavy atom. The van der Waals surface area contributed by atoms with Crippen molar-refractivity contribution in [2.75, 3.05) is 40.2 Å². The lowest BCUT2D eigenvalue weighted by Gasteiger charge is -2.42. The number of nitrogens with zero attached hydrogens (tertiary/aromatic N) is 4. The van der Waals surface area contributed by atoms with Gasteiger partial charge in [0.2, 0.25) is 11.7 Å². The molecule has 1 amide bonds. The van der Waals surface area contributed by atoms with Gasteiger partial charge in [0.1, 0.15) is 54.8 Å². The molecule has 1 aromatic heterocycles. The minimum Gasteiger partial charge on any atom is -0.460 e. The van der Waals surface area contributed by atoms with Crippen LogP contribution < -0.4 is 11.4 Å². The van der Waals surface area contributed by atoms with Gasteiger partial charge >= 0.3 is 11.7 Å². The predicted octanol–water partition coefficient (Wildman–Crippen LogP) is 3.01. The second-order valence-electron chi connectivity index (χ2n) is 23.2. The zero-order valence-corrected chi connectivity index (χ0v) is 49.3. The van der Waals surface area contributed by atoms with Crippen LogP contribution in [0.3, 0.4) is 0 Å². The molecule has 23 heteroatoms. The standard InChI is InChI=1S/C51H79NO13.C8H12N4O5/c1-30-16-12-11-13-17-31(2)42(61-8)28-38-21-19-36(7)51(60,65-38)48(57)49(58)52-23-15-14-18-39(52)50(59)64-43(33(4)26-37-20-22-40(53)44(27-37)62-9)29-41(54)32(3)25-35(6)46(56)47(63-10)45(55)34(5)24-30;9-7-10-2-12(8(16)11-7)6-5(15)4(14)3(1-13)17-6/h11-13,16-17,25,30,32-34,36-40,42-44,46-47,53,56,60H,14-15,18-24,26-29H2,1-10H3;2-6,13-15H,1H2,(H2,9,11,16)/b13-11+,16-12+,31-17+,35-25+;/t30-,32-,33-,34-,36-,37+,38+,39+,40-,42+,43+,44-,46-,47+,51-;3-,4-,5-,6-/m11/s1. The summed E-state index contributed by atoms with van der Waals surface area (Å²) in [7, 11) is 4.52. The Balaban J connectivity index is 0.000000613. The summed E-state index contributed by atoms with van der Waals surface area (Å²) in [4.78, 5) is 90.2. The molecule has 5 aliphatic rings. The molecule has 0 aromatic carbocycles. The average Bonchev–Trinajstić information content (AvgIpc) is 3.88. The van der Waals surface area contributed by atoms with Crippen LogP contribution in [0.1, 0.15) is 132 Å². The number of allylic oxidation sites excluding steroid dienone is 6. The molecule has 1 saturated carbocycles. The van der Waals surface area contributed by atoms with E-state index in [4.69, 9.17) is 39.3 Å². The third kappa shape index (κ3) is 17.4. The average molecular weight is 1160 g/mol. The molecule has 8 N–H and O–H groups in total. The lowest BCUT2D eigenvalue weighted by molar-refractivity contribution is -0.265. The Morgan fingerprint density at radius 1 is 0.854 bits per heavy atom. The van der Waals surface area contributed by atoms with Crippen molar-refractivity contribution in [2.45, 2.75) is 205 Å². The van der Waals surface area contributed by atoms with Gasteiger partial charge in [0.15, 0.2) is 12.0 Å². The molecule has 1 aliphatic carbocycles. The van der Waals surface area contributed by atoms with Crippen molar-refractivity contribution in [3.05, 3.63) is 64.4 Å². The Bertz CT molecular complexity index is 2500. The van der Waals surface area contributed by atoms with Crippen molar-refractivity contribution in [3.63, 3.8) is 0 Å². The number of carbonyl (C=O) groups excluding carboxylic acids is 5. The fourth-order valence-electron chi connectivity index (χ4n) is 11.8. The van der Waals surface area contributed by atoms with Crippen molar-refractivity contribution in [1.29, 1.82) is 0 Å². The number of aliphatic hydroxyl groups is 6. The van der Waals surface area contributed by atoms with Crippen molar-refractivity contribution in [3.8, 4) is 0 Å². The minimum atomic E-state index is -2.43. The number of hydrogen-bond donors (Lipinski definition) is 7. The van der Waals surface area contributed by atoms with Crippen LogP contribution in [0.25, 0.3) is 0 Å². The molecule has 6 rings (SSSR count). The van der Waals surface area contributed by atoms with E-state index < -0.39 is 121 Å². The van der Waals surface area contributed by atoms with E-state index in [2.05, 4.69) is 9.97 Å². The number of aromatic nitrogens is 3. The number of Topliss-reactive ketones (excluding diaryl/α,β-unsaturated/α-hetero) is 3. The highest BCUT2D eigenvalue weighted by molar-refractivity contribution is 6.39. The first-order chi connectivity index (χ1) is 38.8. The molecule has 0 unspecified atom stereocenters. The van der Waals surface area contributed by atoms with Crippen molar-refractivity contribution in [1.82, 2.24) is 19.4 Å². The number of cyclic esters (lactones) is 1. The van der Waals surface area contributed by atoms with Gasteiger partial charge in [0.05, 0.1) is 31.0 Å². The molecule has 460 valence electrons. The molecule has 5 heterocycles. The number of ether oxygens (including phenoxy) is 6. The largest absolute Gasteiger partial charge is 0.460 e. The number of anilines is 1. The summed E-state index contributed by atoms with van der Waals surface area (Å²) >= 11 is 0. The second kappa shape index (κ2) is 31.3. The highest BCUT2D eigenvalue weighted by Crippen LogP contribution is 2.38. The topological polar surface area (TPSA) is 339 Å². The van der Waals surface area contributed by atoms with Gasteiger partial charge in [-0.05, 0) is 107 Å². The summed E-state index contributed by atoms with van der Waals surface area (Å²) in [6, 6.07) is -1.14. The zero-order chi connectivity index (χ0) is 60.7. The van der Waals surface area contributed by atoms with Crippen LogP contribution in [-0.2, 0) is 52.4 Å². The second-order valence-corrected chi connectivity index (χ2v) is 23.2. The third-order valence-corrected chi connectivity index (χ3v) is 17.0. The molecule has 4 aliphatic heterocycles. The first kappa shape index (κ1) is 67.9. The molecule has 1 aromatic rings. The maximum Gasteiger partial charge on any atom is 0.354 e. The van der Waals surface area contributed by atoms with Gasteiger partial charge < -0.3 is 69.7 Å². The summed E-state index contributed by atoms with van der Waals surface area (Å²) in [5.41, 5.74) is 5.72. The molecule has 3 saturated heterocycles. The lowest BCUT2D eigenvalue weighted by atomic mass is 9.78. The Labute approximate surface area is 480 Å². The molecule has 0 spiro atoms. The Morgan fingerprint density at radius 2 is 1.57 bits per heavy atom. The number of esters is 1. The number of rotatable bonds is 8.